The zero-order valence-corrected chi connectivity index (χ0v) is 20.8. The zero-order chi connectivity index (χ0) is 24.6. The van der Waals surface area contributed by atoms with Gasteiger partial charge in [0.15, 0.2) is 11.5 Å². The minimum atomic E-state index is -0.172. The number of fused-ring (bicyclic) bond motifs is 2. The van der Waals surface area contributed by atoms with Gasteiger partial charge in [0.2, 0.25) is 12.7 Å². The molecular weight excluding hydrogens is 476 g/mol. The number of rotatable bonds is 5. The summed E-state index contributed by atoms with van der Waals surface area (Å²) in [6, 6.07) is 17.9. The van der Waals surface area contributed by atoms with Crippen LogP contribution in [0.25, 0.3) is 5.65 Å². The summed E-state index contributed by atoms with van der Waals surface area (Å²) in [7, 11) is 0. The molecule has 2 aliphatic rings. The number of hydrogen-bond donors (Lipinski definition) is 0. The first kappa shape index (κ1) is 22.7. The lowest BCUT2D eigenvalue weighted by Crippen LogP contribution is -2.49. The molecule has 0 bridgehead atoms. The second kappa shape index (κ2) is 9.39. The molecular formula is C28H27ClN4O3. The molecule has 184 valence electrons. The van der Waals surface area contributed by atoms with E-state index in [1.807, 2.05) is 72.7 Å². The molecule has 4 aromatic rings. The number of hydrogen-bond acceptors (Lipinski definition) is 5. The van der Waals surface area contributed by atoms with Crippen molar-refractivity contribution in [3.8, 4) is 11.5 Å². The van der Waals surface area contributed by atoms with Crippen LogP contribution in [0.3, 0.4) is 0 Å². The summed E-state index contributed by atoms with van der Waals surface area (Å²) in [6.07, 6.45) is 4.25. The molecule has 2 aliphatic heterocycles. The number of imidazole rings is 1. The number of aryl methyl sites for hydroxylation is 1. The number of pyridine rings is 1. The van der Waals surface area contributed by atoms with Gasteiger partial charge in [0.05, 0.1) is 5.69 Å². The predicted molar refractivity (Wildman–Crippen MR) is 139 cm³/mol. The lowest BCUT2D eigenvalue weighted by Gasteiger charge is -2.36. The molecule has 0 saturated carbocycles. The maximum Gasteiger partial charge on any atom is 0.231 e. The summed E-state index contributed by atoms with van der Waals surface area (Å²) in [4.78, 5) is 22.5. The minimum absolute atomic E-state index is 0.131. The normalized spacial score (nSPS) is 15.9. The van der Waals surface area contributed by atoms with Crippen LogP contribution in [0.5, 0.6) is 11.5 Å². The third-order valence-electron chi connectivity index (χ3n) is 7.10. The van der Waals surface area contributed by atoms with Gasteiger partial charge in [-0.3, -0.25) is 4.79 Å². The van der Waals surface area contributed by atoms with E-state index in [9.17, 15) is 4.79 Å². The molecule has 4 heterocycles. The minimum Gasteiger partial charge on any atom is -0.454 e. The number of ether oxygens (including phenoxy) is 2. The van der Waals surface area contributed by atoms with E-state index in [0.717, 1.165) is 52.0 Å². The molecule has 36 heavy (non-hydrogen) atoms. The fourth-order valence-electron chi connectivity index (χ4n) is 5.14. The van der Waals surface area contributed by atoms with Gasteiger partial charge >= 0.3 is 0 Å². The van der Waals surface area contributed by atoms with Crippen LogP contribution in [0.1, 0.15) is 29.2 Å². The molecule has 1 fully saturated rings. The fourth-order valence-corrected chi connectivity index (χ4v) is 5.33. The van der Waals surface area contributed by atoms with E-state index in [2.05, 4.69) is 20.4 Å². The summed E-state index contributed by atoms with van der Waals surface area (Å²) >= 11 is 6.18. The molecule has 0 radical (unpaired) electrons. The van der Waals surface area contributed by atoms with E-state index in [1.165, 1.54) is 0 Å². The standard InChI is InChI=1S/C28H27ClN4O3/c1-19-4-3-9-33-24(17-30-28(19)33)23(20-7-8-25-26(14-20)36-18-35-25)16-27(34)32-12-10-31(11-13-32)22-6-2-5-21(29)15-22/h2-9,14-15,17,23H,10-13,16,18H2,1H3. The first-order valence-corrected chi connectivity index (χ1v) is 12.5. The number of carbonyl (C=O) groups excluding carboxylic acids is 1. The monoisotopic (exact) mass is 502 g/mol. The first-order chi connectivity index (χ1) is 17.6. The summed E-state index contributed by atoms with van der Waals surface area (Å²) in [6.45, 7) is 5.16. The molecule has 1 unspecified atom stereocenters. The van der Waals surface area contributed by atoms with Crippen LogP contribution in [0, 0.1) is 6.92 Å². The van der Waals surface area contributed by atoms with Crippen molar-refractivity contribution in [3.05, 3.63) is 88.8 Å². The fraction of sp³-hybridized carbons (Fsp3) is 0.286. The second-order valence-electron chi connectivity index (χ2n) is 9.28. The van der Waals surface area contributed by atoms with E-state index < -0.39 is 0 Å². The summed E-state index contributed by atoms with van der Waals surface area (Å²) in [5.41, 5.74) is 5.08. The molecule has 6 rings (SSSR count). The van der Waals surface area contributed by atoms with Gasteiger partial charge in [-0.15, -0.1) is 0 Å². The zero-order valence-electron chi connectivity index (χ0n) is 20.1. The largest absolute Gasteiger partial charge is 0.454 e. The van der Waals surface area contributed by atoms with Crippen LogP contribution in [-0.4, -0.2) is 53.2 Å². The van der Waals surface area contributed by atoms with Crippen LogP contribution in [0.15, 0.2) is 67.0 Å². The lowest BCUT2D eigenvalue weighted by atomic mass is 9.91. The lowest BCUT2D eigenvalue weighted by molar-refractivity contribution is -0.131. The van der Waals surface area contributed by atoms with Crippen LogP contribution in [-0.2, 0) is 4.79 Å². The quantitative estimate of drug-likeness (QED) is 0.388. The maximum atomic E-state index is 13.6. The van der Waals surface area contributed by atoms with E-state index in [-0.39, 0.29) is 18.6 Å². The van der Waals surface area contributed by atoms with Crippen molar-refractivity contribution >= 4 is 28.8 Å². The van der Waals surface area contributed by atoms with Crippen molar-refractivity contribution in [1.82, 2.24) is 14.3 Å². The van der Waals surface area contributed by atoms with Crippen LogP contribution < -0.4 is 14.4 Å². The summed E-state index contributed by atoms with van der Waals surface area (Å²) < 4.78 is 13.2. The Bertz CT molecular complexity index is 1430. The van der Waals surface area contributed by atoms with Crippen molar-refractivity contribution < 1.29 is 14.3 Å². The Morgan fingerprint density at radius 3 is 2.69 bits per heavy atom. The number of nitrogens with zero attached hydrogens (tertiary/aromatic N) is 4. The molecule has 2 aromatic carbocycles. The Morgan fingerprint density at radius 2 is 1.86 bits per heavy atom. The average Bonchev–Trinajstić information content (AvgIpc) is 3.55. The molecule has 1 amide bonds. The summed E-state index contributed by atoms with van der Waals surface area (Å²) in [5, 5.41) is 0.723. The second-order valence-corrected chi connectivity index (χ2v) is 9.72. The van der Waals surface area contributed by atoms with E-state index in [0.29, 0.717) is 25.3 Å². The Labute approximate surface area is 214 Å². The highest BCUT2D eigenvalue weighted by Crippen LogP contribution is 2.38. The van der Waals surface area contributed by atoms with Crippen LogP contribution >= 0.6 is 11.6 Å². The highest BCUT2D eigenvalue weighted by Gasteiger charge is 2.28. The topological polar surface area (TPSA) is 59.3 Å². The molecule has 1 atom stereocenters. The Morgan fingerprint density at radius 1 is 1.03 bits per heavy atom. The van der Waals surface area contributed by atoms with Crippen molar-refractivity contribution in [1.29, 1.82) is 0 Å². The van der Waals surface area contributed by atoms with Gasteiger partial charge in [-0.2, -0.15) is 0 Å². The number of amides is 1. The van der Waals surface area contributed by atoms with Crippen molar-refractivity contribution in [3.63, 3.8) is 0 Å². The Kier molecular flexibility index (Phi) is 5.93. The molecule has 7 nitrogen and oxygen atoms in total. The molecule has 0 N–H and O–H groups in total. The van der Waals surface area contributed by atoms with Gasteiger partial charge in [0.25, 0.3) is 0 Å². The summed E-state index contributed by atoms with van der Waals surface area (Å²) in [5.74, 6) is 1.40. The number of benzene rings is 2. The maximum absolute atomic E-state index is 13.6. The number of piperazine rings is 1. The number of aromatic nitrogens is 2. The SMILES string of the molecule is Cc1cccn2c(C(CC(=O)N3CCN(c4cccc(Cl)c4)CC3)c3ccc4c(c3)OCO4)cnc12. The molecule has 2 aromatic heterocycles. The average molecular weight is 503 g/mol. The van der Waals surface area contributed by atoms with Gasteiger partial charge in [-0.05, 0) is 54.4 Å². The van der Waals surface area contributed by atoms with Crippen molar-refractivity contribution in [2.24, 2.45) is 0 Å². The number of anilines is 1. The van der Waals surface area contributed by atoms with Gasteiger partial charge in [0, 0.05) is 61.6 Å². The van der Waals surface area contributed by atoms with Gasteiger partial charge in [0.1, 0.15) is 5.65 Å². The Hall–Kier alpha value is -3.71. The third-order valence-corrected chi connectivity index (χ3v) is 7.34. The van der Waals surface area contributed by atoms with E-state index in [1.54, 1.807) is 0 Å². The van der Waals surface area contributed by atoms with E-state index >= 15 is 0 Å². The van der Waals surface area contributed by atoms with Gasteiger partial charge in [-0.1, -0.05) is 29.8 Å². The Balaban J connectivity index is 1.26. The highest BCUT2D eigenvalue weighted by atomic mass is 35.5. The van der Waals surface area contributed by atoms with Crippen molar-refractivity contribution in [2.75, 3.05) is 37.9 Å². The first-order valence-electron chi connectivity index (χ1n) is 12.2. The predicted octanol–water partition coefficient (Wildman–Crippen LogP) is 4.90. The molecule has 8 heteroatoms. The van der Waals surface area contributed by atoms with Crippen molar-refractivity contribution in [2.45, 2.75) is 19.3 Å². The third kappa shape index (κ3) is 4.24. The highest BCUT2D eigenvalue weighted by molar-refractivity contribution is 6.30. The van der Waals surface area contributed by atoms with Gasteiger partial charge < -0.3 is 23.7 Å². The van der Waals surface area contributed by atoms with Crippen LogP contribution in [0.4, 0.5) is 5.69 Å². The number of carbonyl (C=O) groups is 1. The van der Waals surface area contributed by atoms with Crippen LogP contribution in [0.2, 0.25) is 5.02 Å². The molecule has 1 saturated heterocycles. The van der Waals surface area contributed by atoms with E-state index in [4.69, 9.17) is 21.1 Å². The smallest absolute Gasteiger partial charge is 0.231 e. The number of halogens is 1. The molecule has 0 spiro atoms. The molecule has 0 aliphatic carbocycles. The van der Waals surface area contributed by atoms with Gasteiger partial charge in [-0.25, -0.2) is 4.98 Å².